The number of aliphatic hydroxyl groups is 1. The molecule has 0 aromatic heterocycles. The van der Waals surface area contributed by atoms with Gasteiger partial charge in [-0.25, -0.2) is 9.36 Å². The first kappa shape index (κ1) is 36.5. The number of hydrogen-bond donors (Lipinski definition) is 4. The molecular weight excluding hydrogens is 517 g/mol. The first-order valence-corrected chi connectivity index (χ1v) is 15.6. The molecule has 4 N–H and O–H groups in total. The van der Waals surface area contributed by atoms with Crippen molar-refractivity contribution in [3.63, 3.8) is 0 Å². The van der Waals surface area contributed by atoms with Gasteiger partial charge < -0.3 is 25.2 Å². The summed E-state index contributed by atoms with van der Waals surface area (Å²) in [6.45, 7) is 2.21. The maximum absolute atomic E-state index is 12.0. The molecule has 0 aliphatic heterocycles. The molecule has 0 aliphatic rings. The maximum Gasteiger partial charge on any atom is 0.472 e. The fourth-order valence-electron chi connectivity index (χ4n) is 3.58. The minimum atomic E-state index is -4.71. The van der Waals surface area contributed by atoms with Gasteiger partial charge in [0, 0.05) is 12.8 Å². The Kier molecular flexibility index (Phi) is 22.4. The number of amides is 1. The van der Waals surface area contributed by atoms with Gasteiger partial charge in [-0.2, -0.15) is 0 Å². The van der Waals surface area contributed by atoms with Crippen LogP contribution in [0.1, 0.15) is 117 Å². The van der Waals surface area contributed by atoms with E-state index in [4.69, 9.17) is 9.84 Å². The van der Waals surface area contributed by atoms with Gasteiger partial charge in [0.25, 0.3) is 0 Å². The lowest BCUT2D eigenvalue weighted by Gasteiger charge is -2.18. The number of nitrogens with one attached hydrogen (secondary N) is 1. The predicted octanol–water partition coefficient (Wildman–Crippen LogP) is 4.87. The fourth-order valence-corrected chi connectivity index (χ4v) is 4.36. The van der Waals surface area contributed by atoms with Crippen LogP contribution in [-0.2, 0) is 32.7 Å². The summed E-state index contributed by atoms with van der Waals surface area (Å²) in [5, 5.41) is 21.2. The van der Waals surface area contributed by atoms with E-state index in [-0.39, 0.29) is 12.8 Å². The molecule has 0 aliphatic carbocycles. The lowest BCUT2D eigenvalue weighted by Crippen LogP contribution is -2.43. The quantitative estimate of drug-likeness (QED) is 0.0642. The Morgan fingerprint density at radius 3 is 1.76 bits per heavy atom. The number of carboxylic acid groups (broad SMARTS) is 1. The Morgan fingerprint density at radius 1 is 0.737 bits per heavy atom. The Bertz CT molecular complexity index is 691. The van der Waals surface area contributed by atoms with E-state index in [0.717, 1.165) is 25.7 Å². The third kappa shape index (κ3) is 22.5. The molecule has 0 spiro atoms. The summed E-state index contributed by atoms with van der Waals surface area (Å²) in [6.07, 6.45) is 14.5. The molecule has 0 saturated carbocycles. The monoisotopic (exact) mass is 567 g/mol. The zero-order valence-corrected chi connectivity index (χ0v) is 24.1. The number of ether oxygens (including phenoxy) is 1. The highest BCUT2D eigenvalue weighted by atomic mass is 31.2. The minimum absolute atomic E-state index is 0.123. The second kappa shape index (κ2) is 23.4. The summed E-state index contributed by atoms with van der Waals surface area (Å²) < 4.78 is 26.2. The van der Waals surface area contributed by atoms with Gasteiger partial charge in [-0.1, -0.05) is 90.9 Å². The average Bonchev–Trinajstić information content (AvgIpc) is 2.87. The predicted molar refractivity (Wildman–Crippen MR) is 143 cm³/mol. The van der Waals surface area contributed by atoms with E-state index in [1.807, 2.05) is 6.92 Å². The Labute approximate surface area is 227 Å². The zero-order chi connectivity index (χ0) is 28.7. The molecule has 0 bridgehead atoms. The maximum atomic E-state index is 12.0. The number of carbonyl (C=O) groups excluding carboxylic acids is 2. The molecule has 0 saturated heterocycles. The van der Waals surface area contributed by atoms with E-state index < -0.39 is 57.6 Å². The molecule has 38 heavy (non-hydrogen) atoms. The van der Waals surface area contributed by atoms with Gasteiger partial charge in [-0.3, -0.25) is 18.6 Å². The van der Waals surface area contributed by atoms with Crippen molar-refractivity contribution in [3.05, 3.63) is 0 Å². The minimum Gasteiger partial charge on any atom is -0.480 e. The number of phosphoric ester groups is 1. The lowest BCUT2D eigenvalue weighted by atomic mass is 10.0. The highest BCUT2D eigenvalue weighted by Gasteiger charge is 2.28. The molecule has 0 aromatic rings. The molecular formula is C26H50NO10P. The van der Waals surface area contributed by atoms with Crippen molar-refractivity contribution in [1.29, 1.82) is 0 Å². The van der Waals surface area contributed by atoms with Gasteiger partial charge in [0.1, 0.15) is 12.7 Å². The number of carboxylic acids is 1. The van der Waals surface area contributed by atoms with Crippen LogP contribution in [0.4, 0.5) is 0 Å². The van der Waals surface area contributed by atoms with E-state index >= 15 is 0 Å². The largest absolute Gasteiger partial charge is 0.480 e. The summed E-state index contributed by atoms with van der Waals surface area (Å²) >= 11 is 0. The Balaban J connectivity index is 3.92. The smallest absolute Gasteiger partial charge is 0.472 e. The third-order valence-corrected chi connectivity index (χ3v) is 6.85. The van der Waals surface area contributed by atoms with Crippen LogP contribution >= 0.6 is 7.82 Å². The van der Waals surface area contributed by atoms with Crippen LogP contribution in [0.25, 0.3) is 0 Å². The van der Waals surface area contributed by atoms with Crippen LogP contribution in [0.3, 0.4) is 0 Å². The number of aliphatic hydroxyl groups excluding tert-OH is 1. The second-order valence-corrected chi connectivity index (χ2v) is 11.1. The van der Waals surface area contributed by atoms with Crippen LogP contribution in [-0.4, -0.2) is 64.9 Å². The van der Waals surface area contributed by atoms with E-state index in [1.54, 1.807) is 0 Å². The van der Waals surface area contributed by atoms with E-state index in [1.165, 1.54) is 51.4 Å². The normalized spacial score (nSPS) is 14.4. The second-order valence-electron chi connectivity index (χ2n) is 9.60. The van der Waals surface area contributed by atoms with Gasteiger partial charge in [0.05, 0.1) is 13.2 Å². The van der Waals surface area contributed by atoms with Crippen molar-refractivity contribution < 1.29 is 47.8 Å². The standard InChI is InChI=1S/C26H50NO10P/c1-3-5-7-8-9-10-11-12-13-14-15-16-18-25(30)35-19-22(28)20-36-38(33,34)37-21-23(26(31)32)27-24(29)17-6-4-2/h22-23,28H,3-21H2,1-2H3,(H,27,29)(H,31,32)(H,33,34). The number of unbranched alkanes of at least 4 members (excludes halogenated alkanes) is 12. The van der Waals surface area contributed by atoms with Crippen molar-refractivity contribution in [3.8, 4) is 0 Å². The number of aliphatic carboxylic acids is 1. The summed E-state index contributed by atoms with van der Waals surface area (Å²) in [7, 11) is -4.71. The molecule has 0 rings (SSSR count). The lowest BCUT2D eigenvalue weighted by molar-refractivity contribution is -0.147. The van der Waals surface area contributed by atoms with E-state index in [2.05, 4.69) is 21.3 Å². The molecule has 0 aromatic carbocycles. The van der Waals surface area contributed by atoms with Crippen molar-refractivity contribution in [2.24, 2.45) is 0 Å². The highest BCUT2D eigenvalue weighted by molar-refractivity contribution is 7.47. The number of rotatable bonds is 26. The van der Waals surface area contributed by atoms with Crippen LogP contribution in [0.2, 0.25) is 0 Å². The van der Waals surface area contributed by atoms with Crippen molar-refractivity contribution in [2.75, 3.05) is 19.8 Å². The van der Waals surface area contributed by atoms with Gasteiger partial charge in [-0.15, -0.1) is 0 Å². The SMILES string of the molecule is CCCCCCCCCCCCCCC(=O)OCC(O)COP(=O)(O)OCC(NC(=O)CCCC)C(=O)O. The molecule has 11 nitrogen and oxygen atoms in total. The van der Waals surface area contributed by atoms with Gasteiger partial charge in [0.2, 0.25) is 5.91 Å². The van der Waals surface area contributed by atoms with Crippen LogP contribution in [0.5, 0.6) is 0 Å². The van der Waals surface area contributed by atoms with Crippen molar-refractivity contribution >= 4 is 25.7 Å². The number of esters is 1. The Morgan fingerprint density at radius 2 is 1.24 bits per heavy atom. The van der Waals surface area contributed by atoms with E-state index in [9.17, 15) is 28.9 Å². The fraction of sp³-hybridized carbons (Fsp3) is 0.885. The molecule has 1 amide bonds. The number of phosphoric acid groups is 1. The first-order chi connectivity index (χ1) is 18.1. The molecule has 0 radical (unpaired) electrons. The molecule has 224 valence electrons. The third-order valence-electron chi connectivity index (χ3n) is 5.90. The van der Waals surface area contributed by atoms with Gasteiger partial charge >= 0.3 is 19.8 Å². The molecule has 12 heteroatoms. The van der Waals surface area contributed by atoms with Crippen LogP contribution in [0.15, 0.2) is 0 Å². The summed E-state index contributed by atoms with van der Waals surface area (Å²) in [5.41, 5.74) is 0. The molecule has 0 heterocycles. The van der Waals surface area contributed by atoms with Crippen molar-refractivity contribution in [2.45, 2.75) is 129 Å². The van der Waals surface area contributed by atoms with Gasteiger partial charge in [-0.05, 0) is 12.8 Å². The number of carbonyl (C=O) groups is 3. The topological polar surface area (TPSA) is 169 Å². The van der Waals surface area contributed by atoms with Gasteiger partial charge in [0.15, 0.2) is 6.04 Å². The summed E-state index contributed by atoms with van der Waals surface area (Å²) in [5.74, 6) is -2.42. The number of hydrogen-bond acceptors (Lipinski definition) is 8. The van der Waals surface area contributed by atoms with E-state index in [0.29, 0.717) is 12.8 Å². The summed E-state index contributed by atoms with van der Waals surface area (Å²) in [4.78, 5) is 44.5. The average molecular weight is 568 g/mol. The Hall–Kier alpha value is -1.52. The highest BCUT2D eigenvalue weighted by Crippen LogP contribution is 2.43. The van der Waals surface area contributed by atoms with Crippen LogP contribution < -0.4 is 5.32 Å². The van der Waals surface area contributed by atoms with Crippen molar-refractivity contribution in [1.82, 2.24) is 5.32 Å². The molecule has 0 fully saturated rings. The zero-order valence-electron chi connectivity index (χ0n) is 23.2. The molecule has 3 atom stereocenters. The first-order valence-electron chi connectivity index (χ1n) is 14.1. The summed E-state index contributed by atoms with van der Waals surface area (Å²) in [6, 6.07) is -1.53. The molecule has 3 unspecified atom stereocenters. The van der Waals surface area contributed by atoms with Crippen LogP contribution in [0, 0.1) is 0 Å².